The van der Waals surface area contributed by atoms with Crippen LogP contribution in [0.2, 0.25) is 0 Å². The molecule has 0 aromatic heterocycles. The Kier molecular flexibility index (Phi) is 3.65. The fourth-order valence-electron chi connectivity index (χ4n) is 1.17. The smallest absolute Gasteiger partial charge is 0.274 e. The Morgan fingerprint density at radius 3 is 2.79 bits per heavy atom. The average molecular weight is 193 g/mol. The monoisotopic (exact) mass is 193 g/mol. The van der Waals surface area contributed by atoms with Crippen molar-refractivity contribution in [3.63, 3.8) is 0 Å². The molecule has 0 atom stereocenters. The number of nitrogens with one attached hydrogen (secondary N) is 1. The number of rotatable bonds is 3. The number of hydrogen-bond donors (Lipinski definition) is 1. The molecular formula is C11H15NO2. The highest BCUT2D eigenvalue weighted by Crippen LogP contribution is 2.10. The van der Waals surface area contributed by atoms with Crippen molar-refractivity contribution in [1.29, 1.82) is 0 Å². The molecule has 1 N–H and O–H groups in total. The second-order valence-electron chi connectivity index (χ2n) is 3.18. The molecule has 0 saturated heterocycles. The maximum atomic E-state index is 11.5. The van der Waals surface area contributed by atoms with Gasteiger partial charge >= 0.3 is 0 Å². The van der Waals surface area contributed by atoms with E-state index in [1.54, 1.807) is 0 Å². The summed E-state index contributed by atoms with van der Waals surface area (Å²) in [5.41, 5.74) is 5.06. The van der Waals surface area contributed by atoms with Crippen LogP contribution in [0.3, 0.4) is 0 Å². The van der Waals surface area contributed by atoms with Crippen molar-refractivity contribution in [2.24, 2.45) is 0 Å². The minimum Gasteiger partial charge on any atom is -0.274 e. The zero-order chi connectivity index (χ0) is 10.6. The molecule has 0 aliphatic heterocycles. The van der Waals surface area contributed by atoms with Crippen LogP contribution in [-0.2, 0) is 4.84 Å². The Labute approximate surface area is 84.0 Å². The first-order chi connectivity index (χ1) is 6.65. The van der Waals surface area contributed by atoms with Crippen LogP contribution in [0.4, 0.5) is 0 Å². The van der Waals surface area contributed by atoms with E-state index in [4.69, 9.17) is 4.84 Å². The first-order valence-corrected chi connectivity index (χ1v) is 4.64. The Morgan fingerprint density at radius 2 is 2.14 bits per heavy atom. The summed E-state index contributed by atoms with van der Waals surface area (Å²) in [5, 5.41) is 0. The van der Waals surface area contributed by atoms with Crippen LogP contribution >= 0.6 is 0 Å². The molecule has 0 bridgehead atoms. The highest BCUT2D eigenvalue weighted by molar-refractivity contribution is 5.95. The molecule has 1 rings (SSSR count). The quantitative estimate of drug-likeness (QED) is 0.745. The minimum atomic E-state index is -0.187. The summed E-state index contributed by atoms with van der Waals surface area (Å²) in [5.74, 6) is -0.187. The molecule has 0 aliphatic carbocycles. The van der Waals surface area contributed by atoms with Crippen LogP contribution in [0.15, 0.2) is 18.2 Å². The highest BCUT2D eigenvalue weighted by atomic mass is 16.6. The van der Waals surface area contributed by atoms with Gasteiger partial charge in [0.25, 0.3) is 5.91 Å². The molecule has 1 aromatic rings. The van der Waals surface area contributed by atoms with Crippen LogP contribution in [0.1, 0.15) is 28.4 Å². The molecule has 76 valence electrons. The van der Waals surface area contributed by atoms with Crippen molar-refractivity contribution in [2.75, 3.05) is 6.61 Å². The minimum absolute atomic E-state index is 0.187. The number of amides is 1. The van der Waals surface area contributed by atoms with Crippen molar-refractivity contribution in [1.82, 2.24) is 5.48 Å². The molecule has 1 aromatic carbocycles. The lowest BCUT2D eigenvalue weighted by Crippen LogP contribution is -2.24. The van der Waals surface area contributed by atoms with Crippen molar-refractivity contribution >= 4 is 5.91 Å². The summed E-state index contributed by atoms with van der Waals surface area (Å²) in [7, 11) is 0. The van der Waals surface area contributed by atoms with Gasteiger partial charge in [-0.25, -0.2) is 5.48 Å². The first kappa shape index (κ1) is 10.7. The van der Waals surface area contributed by atoms with E-state index in [0.717, 1.165) is 11.1 Å². The standard InChI is InChI=1S/C11H15NO2/c1-4-14-12-11(13)10-7-8(2)5-6-9(10)3/h5-7H,4H2,1-3H3,(H,12,13). The van der Waals surface area contributed by atoms with Crippen molar-refractivity contribution in [2.45, 2.75) is 20.8 Å². The van der Waals surface area contributed by atoms with Gasteiger partial charge in [-0.2, -0.15) is 0 Å². The molecule has 0 saturated carbocycles. The lowest BCUT2D eigenvalue weighted by molar-refractivity contribution is 0.0364. The lowest BCUT2D eigenvalue weighted by Gasteiger charge is -2.07. The fourth-order valence-corrected chi connectivity index (χ4v) is 1.17. The zero-order valence-electron chi connectivity index (χ0n) is 8.76. The third-order valence-electron chi connectivity index (χ3n) is 1.95. The van der Waals surface area contributed by atoms with Crippen LogP contribution in [0, 0.1) is 13.8 Å². The van der Waals surface area contributed by atoms with Gasteiger partial charge in [-0.15, -0.1) is 0 Å². The molecule has 0 fully saturated rings. The molecule has 0 aliphatic rings. The van der Waals surface area contributed by atoms with E-state index in [2.05, 4.69) is 5.48 Å². The second kappa shape index (κ2) is 4.77. The summed E-state index contributed by atoms with van der Waals surface area (Å²) in [6.45, 7) is 6.15. The van der Waals surface area contributed by atoms with Gasteiger partial charge < -0.3 is 0 Å². The van der Waals surface area contributed by atoms with Gasteiger partial charge in [0.15, 0.2) is 0 Å². The lowest BCUT2D eigenvalue weighted by atomic mass is 10.1. The number of hydroxylamine groups is 1. The molecule has 0 spiro atoms. The van der Waals surface area contributed by atoms with Crippen molar-refractivity contribution in [3.05, 3.63) is 34.9 Å². The zero-order valence-corrected chi connectivity index (χ0v) is 8.76. The summed E-state index contributed by atoms with van der Waals surface area (Å²) >= 11 is 0. The van der Waals surface area contributed by atoms with Gasteiger partial charge in [0.2, 0.25) is 0 Å². The van der Waals surface area contributed by atoms with E-state index in [1.165, 1.54) is 0 Å². The van der Waals surface area contributed by atoms with E-state index in [9.17, 15) is 4.79 Å². The Bertz CT molecular complexity index is 334. The molecule has 3 heteroatoms. The summed E-state index contributed by atoms with van der Waals surface area (Å²) < 4.78 is 0. The number of hydrogen-bond acceptors (Lipinski definition) is 2. The number of benzene rings is 1. The average Bonchev–Trinajstić information content (AvgIpc) is 2.18. The molecule has 0 radical (unpaired) electrons. The SMILES string of the molecule is CCONC(=O)c1cc(C)ccc1C. The van der Waals surface area contributed by atoms with Gasteiger partial charge in [-0.05, 0) is 32.4 Å². The number of aryl methyl sites for hydroxylation is 2. The van der Waals surface area contributed by atoms with Gasteiger partial charge in [0, 0.05) is 5.56 Å². The molecule has 0 unspecified atom stereocenters. The third kappa shape index (κ3) is 2.57. The predicted molar refractivity (Wildman–Crippen MR) is 55.0 cm³/mol. The maximum absolute atomic E-state index is 11.5. The van der Waals surface area contributed by atoms with Crippen LogP contribution in [-0.4, -0.2) is 12.5 Å². The van der Waals surface area contributed by atoms with Crippen molar-refractivity contribution in [3.8, 4) is 0 Å². The van der Waals surface area contributed by atoms with Crippen LogP contribution in [0.25, 0.3) is 0 Å². The first-order valence-electron chi connectivity index (χ1n) is 4.64. The predicted octanol–water partition coefficient (Wildman–Crippen LogP) is 1.98. The third-order valence-corrected chi connectivity index (χ3v) is 1.95. The Hall–Kier alpha value is -1.35. The van der Waals surface area contributed by atoms with E-state index >= 15 is 0 Å². The number of carbonyl (C=O) groups is 1. The van der Waals surface area contributed by atoms with Gasteiger partial charge in [-0.1, -0.05) is 17.7 Å². The van der Waals surface area contributed by atoms with Gasteiger partial charge in [0.1, 0.15) is 0 Å². The van der Waals surface area contributed by atoms with Crippen LogP contribution in [0.5, 0.6) is 0 Å². The van der Waals surface area contributed by atoms with E-state index < -0.39 is 0 Å². The molecule has 0 heterocycles. The van der Waals surface area contributed by atoms with E-state index in [1.807, 2.05) is 39.0 Å². The molecule has 1 amide bonds. The second-order valence-corrected chi connectivity index (χ2v) is 3.18. The van der Waals surface area contributed by atoms with E-state index in [0.29, 0.717) is 12.2 Å². The van der Waals surface area contributed by atoms with Crippen LogP contribution < -0.4 is 5.48 Å². The van der Waals surface area contributed by atoms with Gasteiger partial charge in [-0.3, -0.25) is 9.63 Å². The van der Waals surface area contributed by atoms with Crippen molar-refractivity contribution < 1.29 is 9.63 Å². The normalized spacial score (nSPS) is 9.93. The number of carbonyl (C=O) groups excluding carboxylic acids is 1. The summed E-state index contributed by atoms with van der Waals surface area (Å²) in [6, 6.07) is 5.76. The topological polar surface area (TPSA) is 38.3 Å². The Morgan fingerprint density at radius 1 is 1.43 bits per heavy atom. The summed E-state index contributed by atoms with van der Waals surface area (Å²) in [4.78, 5) is 16.4. The largest absolute Gasteiger partial charge is 0.275 e. The fraction of sp³-hybridized carbons (Fsp3) is 0.364. The maximum Gasteiger partial charge on any atom is 0.275 e. The Balaban J connectivity index is 2.83. The molecule has 3 nitrogen and oxygen atoms in total. The molecule has 14 heavy (non-hydrogen) atoms. The highest BCUT2D eigenvalue weighted by Gasteiger charge is 2.08. The summed E-state index contributed by atoms with van der Waals surface area (Å²) in [6.07, 6.45) is 0. The molecular weight excluding hydrogens is 178 g/mol. The van der Waals surface area contributed by atoms with E-state index in [-0.39, 0.29) is 5.91 Å². The van der Waals surface area contributed by atoms with Gasteiger partial charge in [0.05, 0.1) is 6.61 Å².